The van der Waals surface area contributed by atoms with Gasteiger partial charge in [-0.05, 0) is 55.3 Å². The zero-order valence-corrected chi connectivity index (χ0v) is 12.9. The first-order valence-electron chi connectivity index (χ1n) is 6.97. The smallest absolute Gasteiger partial charge is 0.323 e. The van der Waals surface area contributed by atoms with E-state index in [0.717, 1.165) is 16.8 Å². The molecule has 0 atom stereocenters. The van der Waals surface area contributed by atoms with Gasteiger partial charge in [-0.1, -0.05) is 12.1 Å². The number of urea groups is 1. The van der Waals surface area contributed by atoms with Crippen molar-refractivity contribution >= 4 is 23.3 Å². The number of rotatable bonds is 3. The molecule has 0 aliphatic heterocycles. The summed E-state index contributed by atoms with van der Waals surface area (Å²) in [6.07, 6.45) is 0. The van der Waals surface area contributed by atoms with Gasteiger partial charge in [0, 0.05) is 24.0 Å². The van der Waals surface area contributed by atoms with Gasteiger partial charge in [-0.2, -0.15) is 0 Å². The third-order valence-corrected chi connectivity index (χ3v) is 3.48. The number of hydrogen-bond acceptors (Lipinski definition) is 2. The molecular formula is C17H19N3O2. The molecule has 0 radical (unpaired) electrons. The average molecular weight is 297 g/mol. The van der Waals surface area contributed by atoms with Gasteiger partial charge in [-0.25, -0.2) is 4.79 Å². The van der Waals surface area contributed by atoms with Crippen LogP contribution in [0.15, 0.2) is 42.5 Å². The highest BCUT2D eigenvalue weighted by Gasteiger charge is 2.07. The quantitative estimate of drug-likeness (QED) is 0.813. The lowest BCUT2D eigenvalue weighted by molar-refractivity contribution is 0.0963. The Balaban J connectivity index is 2.03. The summed E-state index contributed by atoms with van der Waals surface area (Å²) in [5, 5.41) is 8.11. The molecule has 5 heteroatoms. The minimum Gasteiger partial charge on any atom is -0.355 e. The number of benzene rings is 2. The number of carbonyl (C=O) groups is 2. The Hall–Kier alpha value is -2.82. The Morgan fingerprint density at radius 3 is 2.23 bits per heavy atom. The molecule has 0 fully saturated rings. The van der Waals surface area contributed by atoms with Gasteiger partial charge >= 0.3 is 6.03 Å². The van der Waals surface area contributed by atoms with Gasteiger partial charge < -0.3 is 16.0 Å². The molecule has 2 aromatic carbocycles. The molecule has 0 aliphatic rings. The molecule has 5 nitrogen and oxygen atoms in total. The Labute approximate surface area is 129 Å². The number of aryl methyl sites for hydroxylation is 1. The number of nitrogens with one attached hydrogen (secondary N) is 3. The largest absolute Gasteiger partial charge is 0.355 e. The maximum absolute atomic E-state index is 12.0. The second kappa shape index (κ2) is 6.76. The van der Waals surface area contributed by atoms with Crippen LogP contribution in [0.25, 0.3) is 0 Å². The van der Waals surface area contributed by atoms with Gasteiger partial charge in [0.2, 0.25) is 0 Å². The molecular weight excluding hydrogens is 278 g/mol. The fourth-order valence-electron chi connectivity index (χ4n) is 2.02. The van der Waals surface area contributed by atoms with Crippen LogP contribution in [0.3, 0.4) is 0 Å². The first kappa shape index (κ1) is 15.6. The van der Waals surface area contributed by atoms with Gasteiger partial charge in [0.25, 0.3) is 5.91 Å². The SMILES string of the molecule is CNC(=O)c1ccc(NC(=O)Nc2cccc(C)c2C)cc1. The molecule has 0 aromatic heterocycles. The molecule has 0 saturated carbocycles. The van der Waals surface area contributed by atoms with Crippen LogP contribution in [0.2, 0.25) is 0 Å². The predicted octanol–water partition coefficient (Wildman–Crippen LogP) is 3.31. The molecule has 0 aliphatic carbocycles. The Bertz CT molecular complexity index is 694. The molecule has 2 rings (SSSR count). The van der Waals surface area contributed by atoms with E-state index in [1.807, 2.05) is 32.0 Å². The van der Waals surface area contributed by atoms with E-state index in [1.165, 1.54) is 0 Å². The minimum atomic E-state index is -0.318. The van der Waals surface area contributed by atoms with E-state index >= 15 is 0 Å². The van der Waals surface area contributed by atoms with E-state index in [0.29, 0.717) is 11.3 Å². The summed E-state index contributed by atoms with van der Waals surface area (Å²) in [6.45, 7) is 3.96. The summed E-state index contributed by atoms with van der Waals surface area (Å²) in [5.41, 5.74) is 4.10. The lowest BCUT2D eigenvalue weighted by atomic mass is 10.1. The first-order chi connectivity index (χ1) is 10.5. The van der Waals surface area contributed by atoms with Crippen LogP contribution in [0.1, 0.15) is 21.5 Å². The molecule has 3 N–H and O–H groups in total. The zero-order valence-electron chi connectivity index (χ0n) is 12.9. The molecule has 0 saturated heterocycles. The second-order valence-corrected chi connectivity index (χ2v) is 4.98. The third kappa shape index (κ3) is 3.63. The Kier molecular flexibility index (Phi) is 4.78. The minimum absolute atomic E-state index is 0.161. The fraction of sp³-hybridized carbons (Fsp3) is 0.176. The zero-order chi connectivity index (χ0) is 16.1. The summed E-state index contributed by atoms with van der Waals surface area (Å²) in [4.78, 5) is 23.5. The van der Waals surface area contributed by atoms with Crippen molar-refractivity contribution in [2.45, 2.75) is 13.8 Å². The van der Waals surface area contributed by atoms with Crippen LogP contribution >= 0.6 is 0 Å². The van der Waals surface area contributed by atoms with Crippen molar-refractivity contribution in [3.63, 3.8) is 0 Å². The van der Waals surface area contributed by atoms with Crippen LogP contribution in [0, 0.1) is 13.8 Å². The van der Waals surface area contributed by atoms with Crippen molar-refractivity contribution in [2.75, 3.05) is 17.7 Å². The summed E-state index contributed by atoms with van der Waals surface area (Å²) >= 11 is 0. The third-order valence-electron chi connectivity index (χ3n) is 3.48. The van der Waals surface area contributed by atoms with Gasteiger partial charge in [0.15, 0.2) is 0 Å². The van der Waals surface area contributed by atoms with Crippen molar-refractivity contribution in [3.8, 4) is 0 Å². The Morgan fingerprint density at radius 2 is 1.59 bits per heavy atom. The average Bonchev–Trinajstić information content (AvgIpc) is 2.52. The van der Waals surface area contributed by atoms with Gasteiger partial charge in [0.05, 0.1) is 0 Å². The van der Waals surface area contributed by atoms with E-state index < -0.39 is 0 Å². The molecule has 114 valence electrons. The van der Waals surface area contributed by atoms with Crippen LogP contribution in [0.4, 0.5) is 16.2 Å². The van der Waals surface area contributed by atoms with Crippen molar-refractivity contribution in [1.29, 1.82) is 0 Å². The number of amides is 3. The van der Waals surface area contributed by atoms with Gasteiger partial charge in [0.1, 0.15) is 0 Å². The molecule has 0 spiro atoms. The van der Waals surface area contributed by atoms with Crippen LogP contribution in [-0.4, -0.2) is 19.0 Å². The van der Waals surface area contributed by atoms with Gasteiger partial charge in [-0.15, -0.1) is 0 Å². The summed E-state index contributed by atoms with van der Waals surface area (Å²) in [6, 6.07) is 12.1. The lowest BCUT2D eigenvalue weighted by Crippen LogP contribution is -2.20. The second-order valence-electron chi connectivity index (χ2n) is 4.98. The number of carbonyl (C=O) groups excluding carboxylic acids is 2. The highest BCUT2D eigenvalue weighted by molar-refractivity contribution is 6.01. The standard InChI is InChI=1S/C17H19N3O2/c1-11-5-4-6-15(12(11)2)20-17(22)19-14-9-7-13(8-10-14)16(21)18-3/h4-10H,1-3H3,(H,18,21)(H2,19,20,22). The molecule has 0 unspecified atom stereocenters. The van der Waals surface area contributed by atoms with Crippen LogP contribution < -0.4 is 16.0 Å². The van der Waals surface area contributed by atoms with E-state index in [2.05, 4.69) is 16.0 Å². The topological polar surface area (TPSA) is 70.2 Å². The first-order valence-corrected chi connectivity index (χ1v) is 6.97. The lowest BCUT2D eigenvalue weighted by Gasteiger charge is -2.11. The number of anilines is 2. The van der Waals surface area contributed by atoms with Crippen molar-refractivity contribution in [1.82, 2.24) is 5.32 Å². The molecule has 2 aromatic rings. The molecule has 22 heavy (non-hydrogen) atoms. The van der Waals surface area contributed by atoms with Crippen molar-refractivity contribution < 1.29 is 9.59 Å². The maximum Gasteiger partial charge on any atom is 0.323 e. The van der Waals surface area contributed by atoms with Crippen molar-refractivity contribution in [3.05, 3.63) is 59.2 Å². The monoisotopic (exact) mass is 297 g/mol. The van der Waals surface area contributed by atoms with Crippen LogP contribution in [-0.2, 0) is 0 Å². The summed E-state index contributed by atoms with van der Waals surface area (Å²) in [7, 11) is 1.58. The summed E-state index contributed by atoms with van der Waals surface area (Å²) in [5.74, 6) is -0.161. The Morgan fingerprint density at radius 1 is 0.909 bits per heavy atom. The summed E-state index contributed by atoms with van der Waals surface area (Å²) < 4.78 is 0. The molecule has 0 heterocycles. The fourth-order valence-corrected chi connectivity index (χ4v) is 2.02. The molecule has 3 amide bonds. The van der Waals surface area contributed by atoms with E-state index in [4.69, 9.17) is 0 Å². The normalized spacial score (nSPS) is 9.95. The van der Waals surface area contributed by atoms with Crippen LogP contribution in [0.5, 0.6) is 0 Å². The highest BCUT2D eigenvalue weighted by atomic mass is 16.2. The highest BCUT2D eigenvalue weighted by Crippen LogP contribution is 2.18. The van der Waals surface area contributed by atoms with Crippen molar-refractivity contribution in [2.24, 2.45) is 0 Å². The van der Waals surface area contributed by atoms with E-state index in [1.54, 1.807) is 31.3 Å². The maximum atomic E-state index is 12.0. The predicted molar refractivity (Wildman–Crippen MR) is 88.4 cm³/mol. The van der Waals surface area contributed by atoms with E-state index in [9.17, 15) is 9.59 Å². The van der Waals surface area contributed by atoms with E-state index in [-0.39, 0.29) is 11.9 Å². The molecule has 0 bridgehead atoms. The number of hydrogen-bond donors (Lipinski definition) is 3. The van der Waals surface area contributed by atoms with Gasteiger partial charge in [-0.3, -0.25) is 4.79 Å².